The molecular formula is C9H18ClNO2. The Labute approximate surface area is 85.6 Å². The molecule has 1 fully saturated rings. The van der Waals surface area contributed by atoms with Gasteiger partial charge in [0.05, 0.1) is 13.0 Å². The summed E-state index contributed by atoms with van der Waals surface area (Å²) < 4.78 is 4.75. The molecule has 0 aromatic rings. The maximum absolute atomic E-state index is 11.3. The fourth-order valence-corrected chi connectivity index (χ4v) is 1.91. The van der Waals surface area contributed by atoms with Crippen LogP contribution in [-0.4, -0.2) is 25.7 Å². The van der Waals surface area contributed by atoms with Crippen LogP contribution in [0, 0.1) is 11.8 Å². The monoisotopic (exact) mass is 207 g/mol. The average Bonchev–Trinajstić information content (AvgIpc) is 2.03. The first-order chi connectivity index (χ1) is 5.66. The second kappa shape index (κ2) is 5.45. The molecule has 1 saturated heterocycles. The predicted octanol–water partition coefficient (Wildman–Crippen LogP) is 1.22. The molecule has 13 heavy (non-hydrogen) atoms. The number of esters is 1. The van der Waals surface area contributed by atoms with Gasteiger partial charge in [-0.2, -0.15) is 0 Å². The van der Waals surface area contributed by atoms with E-state index in [1.54, 1.807) is 0 Å². The minimum absolute atomic E-state index is 0. The molecule has 0 aromatic heterocycles. The van der Waals surface area contributed by atoms with E-state index in [1.165, 1.54) is 7.11 Å². The van der Waals surface area contributed by atoms with Gasteiger partial charge in [-0.3, -0.25) is 4.79 Å². The van der Waals surface area contributed by atoms with Gasteiger partial charge in [0.25, 0.3) is 0 Å². The highest BCUT2D eigenvalue weighted by Crippen LogP contribution is 2.23. The summed E-state index contributed by atoms with van der Waals surface area (Å²) in [6.07, 6.45) is 1.06. The van der Waals surface area contributed by atoms with E-state index in [0.717, 1.165) is 13.0 Å². The number of carbonyl (C=O) groups is 1. The average molecular weight is 208 g/mol. The van der Waals surface area contributed by atoms with Crippen LogP contribution >= 0.6 is 12.4 Å². The molecule has 4 heteroatoms. The molecule has 0 aromatic carbocycles. The van der Waals surface area contributed by atoms with Crippen molar-refractivity contribution in [2.45, 2.75) is 26.3 Å². The Kier molecular flexibility index (Phi) is 5.33. The number of hydrogen-bond acceptors (Lipinski definition) is 3. The summed E-state index contributed by atoms with van der Waals surface area (Å²) in [7, 11) is 1.45. The number of hydrogen-bond donors (Lipinski definition) is 1. The van der Waals surface area contributed by atoms with E-state index in [-0.39, 0.29) is 30.3 Å². The standard InChI is InChI=1S/C9H17NO2.ClH/c1-6-4-5-10-7(2)8(6)9(11)12-3;/h6-8,10H,4-5H2,1-3H3;1H/t6-,7-,8-;/m0./s1. The number of ether oxygens (including phenoxy) is 1. The van der Waals surface area contributed by atoms with Gasteiger partial charge in [-0.1, -0.05) is 6.92 Å². The number of carbonyl (C=O) groups excluding carboxylic acids is 1. The van der Waals surface area contributed by atoms with Crippen LogP contribution < -0.4 is 5.32 Å². The largest absolute Gasteiger partial charge is 0.469 e. The SMILES string of the molecule is COC(=O)[C@@H]1[C@H](C)NCC[C@@H]1C.Cl. The maximum atomic E-state index is 11.3. The zero-order valence-corrected chi connectivity index (χ0v) is 9.19. The smallest absolute Gasteiger partial charge is 0.310 e. The molecule has 1 heterocycles. The van der Waals surface area contributed by atoms with Gasteiger partial charge in [0.15, 0.2) is 0 Å². The van der Waals surface area contributed by atoms with Crippen molar-refractivity contribution >= 4 is 18.4 Å². The van der Waals surface area contributed by atoms with Crippen molar-refractivity contribution in [3.63, 3.8) is 0 Å². The molecule has 1 aliphatic rings. The summed E-state index contributed by atoms with van der Waals surface area (Å²) in [4.78, 5) is 11.3. The fourth-order valence-electron chi connectivity index (χ4n) is 1.91. The second-order valence-corrected chi connectivity index (χ2v) is 3.56. The van der Waals surface area contributed by atoms with Crippen LogP contribution in [0.4, 0.5) is 0 Å². The van der Waals surface area contributed by atoms with Crippen molar-refractivity contribution in [1.29, 1.82) is 0 Å². The molecule has 78 valence electrons. The summed E-state index contributed by atoms with van der Waals surface area (Å²) in [6, 6.07) is 0.251. The fraction of sp³-hybridized carbons (Fsp3) is 0.889. The van der Waals surface area contributed by atoms with E-state index in [1.807, 2.05) is 6.92 Å². The molecule has 0 radical (unpaired) electrons. The Morgan fingerprint density at radius 3 is 2.54 bits per heavy atom. The van der Waals surface area contributed by atoms with Crippen LogP contribution in [0.15, 0.2) is 0 Å². The number of rotatable bonds is 1. The Bertz CT molecular complexity index is 165. The van der Waals surface area contributed by atoms with Crippen LogP contribution in [0.5, 0.6) is 0 Å². The van der Waals surface area contributed by atoms with Crippen molar-refractivity contribution in [2.75, 3.05) is 13.7 Å². The van der Waals surface area contributed by atoms with E-state index in [0.29, 0.717) is 5.92 Å². The van der Waals surface area contributed by atoms with Gasteiger partial charge in [-0.15, -0.1) is 12.4 Å². The lowest BCUT2D eigenvalue weighted by atomic mass is 9.83. The zero-order chi connectivity index (χ0) is 9.14. The molecule has 3 nitrogen and oxygen atoms in total. The number of halogens is 1. The van der Waals surface area contributed by atoms with Crippen molar-refractivity contribution in [2.24, 2.45) is 11.8 Å². The molecule has 1 N–H and O–H groups in total. The molecule has 0 spiro atoms. The number of methoxy groups -OCH3 is 1. The first kappa shape index (κ1) is 12.7. The van der Waals surface area contributed by atoms with Crippen LogP contribution in [0.25, 0.3) is 0 Å². The Morgan fingerprint density at radius 1 is 1.46 bits per heavy atom. The van der Waals surface area contributed by atoms with Crippen molar-refractivity contribution in [3.05, 3.63) is 0 Å². The molecule has 0 saturated carbocycles. The van der Waals surface area contributed by atoms with Crippen molar-refractivity contribution in [1.82, 2.24) is 5.32 Å². The number of piperidine rings is 1. The maximum Gasteiger partial charge on any atom is 0.310 e. The normalized spacial score (nSPS) is 33.3. The third-order valence-corrected chi connectivity index (χ3v) is 2.69. The molecule has 1 aliphatic heterocycles. The van der Waals surface area contributed by atoms with Gasteiger partial charge in [-0.25, -0.2) is 0 Å². The van der Waals surface area contributed by atoms with Gasteiger partial charge < -0.3 is 10.1 Å². The predicted molar refractivity (Wildman–Crippen MR) is 54.0 cm³/mol. The second-order valence-electron chi connectivity index (χ2n) is 3.56. The summed E-state index contributed by atoms with van der Waals surface area (Å²) in [5.41, 5.74) is 0. The number of nitrogens with one attached hydrogen (secondary N) is 1. The van der Waals surface area contributed by atoms with Crippen LogP contribution in [0.2, 0.25) is 0 Å². The lowest BCUT2D eigenvalue weighted by molar-refractivity contribution is -0.149. The first-order valence-electron chi connectivity index (χ1n) is 4.48. The molecule has 3 atom stereocenters. The van der Waals surface area contributed by atoms with Gasteiger partial charge in [0, 0.05) is 6.04 Å². The van der Waals surface area contributed by atoms with Crippen LogP contribution in [-0.2, 0) is 9.53 Å². The highest BCUT2D eigenvalue weighted by molar-refractivity contribution is 5.85. The van der Waals surface area contributed by atoms with Crippen molar-refractivity contribution in [3.8, 4) is 0 Å². The third-order valence-electron chi connectivity index (χ3n) is 2.69. The molecule has 1 rings (SSSR count). The minimum Gasteiger partial charge on any atom is -0.469 e. The quantitative estimate of drug-likeness (QED) is 0.657. The summed E-state index contributed by atoms with van der Waals surface area (Å²) >= 11 is 0. The van der Waals surface area contributed by atoms with Gasteiger partial charge in [0.2, 0.25) is 0 Å². The van der Waals surface area contributed by atoms with Crippen LogP contribution in [0.3, 0.4) is 0 Å². The van der Waals surface area contributed by atoms with E-state index in [9.17, 15) is 4.79 Å². The van der Waals surface area contributed by atoms with E-state index in [4.69, 9.17) is 4.74 Å². The third kappa shape index (κ3) is 2.85. The Morgan fingerprint density at radius 2 is 2.08 bits per heavy atom. The first-order valence-corrected chi connectivity index (χ1v) is 4.48. The highest BCUT2D eigenvalue weighted by atomic mass is 35.5. The molecular weight excluding hydrogens is 190 g/mol. The zero-order valence-electron chi connectivity index (χ0n) is 8.37. The van der Waals surface area contributed by atoms with Crippen LogP contribution in [0.1, 0.15) is 20.3 Å². The molecule has 0 amide bonds. The van der Waals surface area contributed by atoms with Gasteiger partial charge in [0.1, 0.15) is 0 Å². The Balaban J connectivity index is 0.00000144. The minimum atomic E-state index is -0.0813. The Hall–Kier alpha value is -0.280. The lowest BCUT2D eigenvalue weighted by Crippen LogP contribution is -2.47. The highest BCUT2D eigenvalue weighted by Gasteiger charge is 2.33. The van der Waals surface area contributed by atoms with E-state index in [2.05, 4.69) is 12.2 Å². The van der Waals surface area contributed by atoms with Gasteiger partial charge >= 0.3 is 5.97 Å². The lowest BCUT2D eigenvalue weighted by Gasteiger charge is -2.33. The summed E-state index contributed by atoms with van der Waals surface area (Å²) in [5, 5.41) is 3.28. The van der Waals surface area contributed by atoms with Gasteiger partial charge in [-0.05, 0) is 25.8 Å². The molecule has 0 bridgehead atoms. The van der Waals surface area contributed by atoms with E-state index >= 15 is 0 Å². The topological polar surface area (TPSA) is 38.3 Å². The summed E-state index contributed by atoms with van der Waals surface area (Å²) in [6.45, 7) is 5.16. The van der Waals surface area contributed by atoms with Crippen molar-refractivity contribution < 1.29 is 9.53 Å². The molecule has 0 unspecified atom stereocenters. The molecule has 0 aliphatic carbocycles. The summed E-state index contributed by atoms with van der Waals surface area (Å²) in [5.74, 6) is 0.389. The van der Waals surface area contributed by atoms with E-state index < -0.39 is 0 Å².